The number of alkyl halides is 2. The van der Waals surface area contributed by atoms with Crippen LogP contribution in [0.1, 0.15) is 388 Å². The van der Waals surface area contributed by atoms with Gasteiger partial charge >= 0.3 is 0 Å². The van der Waals surface area contributed by atoms with Gasteiger partial charge in [0, 0.05) is 5.33 Å². The zero-order chi connectivity index (χ0) is 91.3. The summed E-state index contributed by atoms with van der Waals surface area (Å²) in [6, 6.07) is 0. The molecule has 0 aromatic heterocycles. The van der Waals surface area contributed by atoms with Crippen LogP contribution in [0.25, 0.3) is 0 Å². The van der Waals surface area contributed by atoms with Crippen LogP contribution in [0, 0.1) is 227 Å². The normalized spacial score (nSPS) is 54.3. The number of aliphatic hydroxyl groups is 7. The van der Waals surface area contributed by atoms with Gasteiger partial charge in [0.15, 0.2) is 0 Å². The lowest BCUT2D eigenvalue weighted by atomic mass is 9.44. The first-order chi connectivity index (χ1) is 58.7. The fourth-order valence-corrected chi connectivity index (χ4v) is 41.8. The third-order valence-electron chi connectivity index (χ3n) is 47.2. The lowest BCUT2D eigenvalue weighted by molar-refractivity contribution is -0.144. The highest BCUT2D eigenvalue weighted by molar-refractivity contribution is 9.09. The number of fused-ring (bicyclic) bond motifs is 25. The lowest BCUT2D eigenvalue weighted by Crippen LogP contribution is -2.55. The van der Waals surface area contributed by atoms with E-state index >= 15 is 4.39 Å². The Morgan fingerprint density at radius 1 is 0.270 bits per heavy atom. The average molecular weight is 1810 g/mol. The van der Waals surface area contributed by atoms with Gasteiger partial charge in [-0.15, -0.1) is 0 Å². The van der Waals surface area contributed by atoms with Crippen LogP contribution in [0.3, 0.4) is 0 Å². The summed E-state index contributed by atoms with van der Waals surface area (Å²) in [6.45, 7) is 66.7. The van der Waals surface area contributed by atoms with Gasteiger partial charge in [0.25, 0.3) is 0 Å². The summed E-state index contributed by atoms with van der Waals surface area (Å²) < 4.78 is 15.1. The van der Waals surface area contributed by atoms with Crippen LogP contribution in [0.15, 0.2) is 60.8 Å². The van der Waals surface area contributed by atoms with Crippen molar-refractivity contribution in [2.24, 2.45) is 227 Å². The second-order valence-corrected chi connectivity index (χ2v) is 56.4. The molecule has 0 radical (unpaired) electrons. The van der Waals surface area contributed by atoms with E-state index in [2.05, 4.69) is 173 Å². The minimum Gasteiger partial charge on any atom is -0.392 e. The summed E-state index contributed by atoms with van der Waals surface area (Å²) in [5.41, 5.74) is 7.17. The molecule has 716 valence electrons. The molecule has 0 saturated heterocycles. The van der Waals surface area contributed by atoms with Crippen molar-refractivity contribution in [2.45, 2.75) is 423 Å². The van der Waals surface area contributed by atoms with Crippen molar-refractivity contribution >= 4 is 15.9 Å². The molecule has 0 aliphatic heterocycles. The molecule has 9 heteroatoms. The van der Waals surface area contributed by atoms with E-state index in [0.29, 0.717) is 103 Å². The zero-order valence-corrected chi connectivity index (χ0v) is 85.9. The summed E-state index contributed by atoms with van der Waals surface area (Å²) in [4.78, 5) is 0. The SMILES string of the molecule is C=C(C)[C@H]1CC[C@H]2[C@@H]3CC(C)(C)[C@@H]4C[C@](C)(O)CC[C@@H]4[C@H]3CC[C@]12C.C=C(C)[C@H]1CC[C@H]2[C@@H]3C[C@@H](F)[C@@H]4C[C@](C)(O)CC[C@@H]4[C@H]3CC[C@]12C.C=C(CBr)[C@H]1CC[C@H]2[C@@H]3CC(C)(C)[C@@H]4C[C@](C)(O)CC[C@@H]4[C@H]3CC[C@]12C.C=C(CO)[C@H]1CC[C@H]2[C@@H]3CC(C)(C)[C@@H]4C[C@](C)(O)CC[C@@H]4[C@H]3CC[C@]12C.C=C(CO)[C@H]1CC[C@H]2[C@@H]3C[C@@H](C)[C@@H]4C[C@](C)(O)CC[C@@H]4[C@H]3CC[C@]12C. The summed E-state index contributed by atoms with van der Waals surface area (Å²) in [6.07, 6.45) is 48.0. The standard InChI is InChI=1S/C24H39BrO.C24H40O2.C24H40O.C23H38O2.C22H35FO/c2*1-15(14-25)19-6-7-20-18-12-22(2,3)21-13-23(4,26)10-8-17(21)16(18)9-11-24(19,20)5;1-15(2)19-7-8-20-18-13-22(3,4)21-14-23(5,25)11-9-17(21)16(18)10-12-24(19,20)6;1-14-11-18-16(17-7-9-22(3,25)12-19(14)17)8-10-23(4)20(15(2)13-24)5-6-21(18)23;1-13(2)18-5-6-19-16-11-20(23)17-12-21(3,24)9-7-15(17)14(16)8-10-22(18,19)4/h16-21,26H,1,6-14H2,2-5H3;16-21,25-26H,1,6-14H2,2-5H3;16-21,25H,1,7-14H2,2-6H3;14,16-21,24-25H,2,5-13H2,1,3-4H3;14-20,24H,1,5-12H2,2-4H3/t3*16-,17-,18-,19-,20+,21-,23-,24-;14-,16-,17-,18-,19+,20-,21+,22-,23-;14-,15-,16-,17-,18-,19+,20-,21-,22-/m11111/s1. The maximum atomic E-state index is 15.1. The first-order valence-electron chi connectivity index (χ1n) is 54.1. The van der Waals surface area contributed by atoms with Crippen LogP contribution in [0.5, 0.6) is 0 Å². The van der Waals surface area contributed by atoms with Gasteiger partial charge in [-0.1, -0.05) is 149 Å². The van der Waals surface area contributed by atoms with Crippen LogP contribution < -0.4 is 0 Å². The highest BCUT2D eigenvalue weighted by atomic mass is 79.9. The van der Waals surface area contributed by atoms with Crippen molar-refractivity contribution in [2.75, 3.05) is 18.5 Å². The maximum absolute atomic E-state index is 15.1. The van der Waals surface area contributed by atoms with Crippen LogP contribution >= 0.6 is 15.9 Å². The van der Waals surface area contributed by atoms with Gasteiger partial charge in [-0.3, -0.25) is 0 Å². The van der Waals surface area contributed by atoms with Crippen molar-refractivity contribution in [1.29, 1.82) is 0 Å². The average Bonchev–Trinajstić information content (AvgIpc) is 1.33. The predicted molar refractivity (Wildman–Crippen MR) is 523 cm³/mol. The second-order valence-electron chi connectivity index (χ2n) is 55.9. The van der Waals surface area contributed by atoms with Gasteiger partial charge in [-0.05, 0) is 543 Å². The molecule has 0 unspecified atom stereocenters. The third kappa shape index (κ3) is 17.4. The molecule has 0 heterocycles. The molecule has 20 aliphatic rings. The van der Waals surface area contributed by atoms with E-state index in [1.807, 2.05) is 6.92 Å². The molecule has 20 fully saturated rings. The second kappa shape index (κ2) is 35.1. The maximum Gasteiger partial charge on any atom is 0.104 e. The molecule has 0 spiro atoms. The number of allylic oxidation sites excluding steroid dienone is 3. The number of hydrogen-bond donors (Lipinski definition) is 7. The molecule has 0 aromatic carbocycles. The molecule has 20 rings (SSSR count). The number of halogens is 2. The Labute approximate surface area is 779 Å². The quantitative estimate of drug-likeness (QED) is 0.0948. The molecule has 126 heavy (non-hydrogen) atoms. The minimum atomic E-state index is -0.700. The summed E-state index contributed by atoms with van der Waals surface area (Å²) in [5.74, 6) is 23.3. The molecule has 42 atom stereocenters. The summed E-state index contributed by atoms with van der Waals surface area (Å²) >= 11 is 3.69. The molecule has 7 nitrogen and oxygen atoms in total. The number of aliphatic hydroxyl groups excluding tert-OH is 2. The van der Waals surface area contributed by atoms with Crippen molar-refractivity contribution in [1.82, 2.24) is 0 Å². The van der Waals surface area contributed by atoms with Crippen molar-refractivity contribution in [3.05, 3.63) is 60.8 Å². The summed E-state index contributed by atoms with van der Waals surface area (Å²) in [5, 5.41) is 73.6. The molecule has 7 N–H and O–H groups in total. The van der Waals surface area contributed by atoms with E-state index in [0.717, 1.165) is 211 Å². The lowest BCUT2D eigenvalue weighted by Gasteiger charge is -2.61. The largest absolute Gasteiger partial charge is 0.392 e. The fraction of sp³-hybridized carbons (Fsp3) is 0.915. The molecular weight excluding hydrogens is 1620 g/mol. The molecule has 20 aliphatic carbocycles. The van der Waals surface area contributed by atoms with E-state index in [1.165, 1.54) is 197 Å². The van der Waals surface area contributed by atoms with Gasteiger partial charge in [0.2, 0.25) is 0 Å². The Hall–Kier alpha value is -1.17. The van der Waals surface area contributed by atoms with Gasteiger partial charge < -0.3 is 35.7 Å². The van der Waals surface area contributed by atoms with Crippen LogP contribution in [0.2, 0.25) is 0 Å². The Morgan fingerprint density at radius 3 is 0.817 bits per heavy atom. The number of rotatable bonds is 8. The van der Waals surface area contributed by atoms with Gasteiger partial charge in [-0.2, -0.15) is 0 Å². The molecule has 0 aromatic rings. The monoisotopic (exact) mass is 1810 g/mol. The molecule has 20 saturated carbocycles. The Morgan fingerprint density at radius 2 is 0.508 bits per heavy atom. The minimum absolute atomic E-state index is 0.109. The summed E-state index contributed by atoms with van der Waals surface area (Å²) in [7, 11) is 0. The molecule has 0 bridgehead atoms. The van der Waals surface area contributed by atoms with Gasteiger partial charge in [0.05, 0.1) is 41.2 Å². The Kier molecular flexibility index (Phi) is 27.2. The predicted octanol–water partition coefficient (Wildman–Crippen LogP) is 28.3. The highest BCUT2D eigenvalue weighted by Gasteiger charge is 2.68. The highest BCUT2D eigenvalue weighted by Crippen LogP contribution is 2.75. The smallest absolute Gasteiger partial charge is 0.104 e. The van der Waals surface area contributed by atoms with Crippen LogP contribution in [-0.4, -0.2) is 88.5 Å². The third-order valence-corrected chi connectivity index (χ3v) is 47.9. The topological polar surface area (TPSA) is 142 Å². The van der Waals surface area contributed by atoms with Crippen LogP contribution in [-0.2, 0) is 0 Å². The van der Waals surface area contributed by atoms with Crippen molar-refractivity contribution in [3.8, 4) is 0 Å². The first-order valence-corrected chi connectivity index (χ1v) is 55.2. The molecular formula is C117H192BrFO7. The van der Waals surface area contributed by atoms with E-state index in [4.69, 9.17) is 0 Å². The van der Waals surface area contributed by atoms with Crippen molar-refractivity contribution in [3.63, 3.8) is 0 Å². The van der Waals surface area contributed by atoms with E-state index in [-0.39, 0.29) is 19.1 Å². The van der Waals surface area contributed by atoms with Crippen LogP contribution in [0.4, 0.5) is 4.39 Å². The van der Waals surface area contributed by atoms with Gasteiger partial charge in [-0.25, -0.2) is 4.39 Å². The Balaban J connectivity index is 0.000000116. The van der Waals surface area contributed by atoms with E-state index < -0.39 is 34.2 Å². The Bertz CT molecular complexity index is 3830. The fourth-order valence-electron chi connectivity index (χ4n) is 41.4. The van der Waals surface area contributed by atoms with Gasteiger partial charge in [0.1, 0.15) is 6.17 Å². The van der Waals surface area contributed by atoms with E-state index in [9.17, 15) is 35.7 Å². The van der Waals surface area contributed by atoms with E-state index in [1.54, 1.807) is 0 Å². The first kappa shape index (κ1) is 97.9. The zero-order valence-electron chi connectivity index (χ0n) is 84.3. The number of hydrogen-bond acceptors (Lipinski definition) is 7. The molecule has 0 amide bonds. The van der Waals surface area contributed by atoms with Crippen molar-refractivity contribution < 1.29 is 40.1 Å².